The van der Waals surface area contributed by atoms with Gasteiger partial charge in [0.15, 0.2) is 0 Å². The van der Waals surface area contributed by atoms with E-state index in [1.807, 2.05) is 0 Å². The van der Waals surface area contributed by atoms with Crippen LogP contribution >= 0.6 is 11.6 Å². The first-order chi connectivity index (χ1) is 9.15. The van der Waals surface area contributed by atoms with Crippen LogP contribution in [0.3, 0.4) is 0 Å². The van der Waals surface area contributed by atoms with Gasteiger partial charge in [0.2, 0.25) is 0 Å². The molecule has 5 heteroatoms. The van der Waals surface area contributed by atoms with E-state index in [2.05, 4.69) is 5.32 Å². The number of halogens is 2. The molecule has 1 saturated heterocycles. The molecule has 0 bridgehead atoms. The standard InChI is InChI=1S/C14H19ClFNO2/c15-12-7-11(1-2-13(12)16)8-17-9-14(10-18)3-5-19-6-4-14/h1-2,7,17-18H,3-6,8-10H2. The van der Waals surface area contributed by atoms with Crippen molar-refractivity contribution in [1.29, 1.82) is 0 Å². The number of hydrogen-bond acceptors (Lipinski definition) is 3. The van der Waals surface area contributed by atoms with E-state index in [9.17, 15) is 9.50 Å². The largest absolute Gasteiger partial charge is 0.396 e. The minimum atomic E-state index is -0.401. The van der Waals surface area contributed by atoms with Crippen molar-refractivity contribution in [2.45, 2.75) is 19.4 Å². The van der Waals surface area contributed by atoms with Crippen LogP contribution in [0.15, 0.2) is 18.2 Å². The predicted molar refractivity (Wildman–Crippen MR) is 72.7 cm³/mol. The molecule has 1 aromatic carbocycles. The quantitative estimate of drug-likeness (QED) is 0.873. The summed E-state index contributed by atoms with van der Waals surface area (Å²) < 4.78 is 18.4. The molecule has 2 rings (SSSR count). The second-order valence-corrected chi connectivity index (χ2v) is 5.53. The maximum atomic E-state index is 13.0. The van der Waals surface area contributed by atoms with Crippen LogP contribution in [0.5, 0.6) is 0 Å². The Kier molecular flexibility index (Phi) is 5.16. The molecule has 1 aromatic rings. The highest BCUT2D eigenvalue weighted by Gasteiger charge is 2.31. The van der Waals surface area contributed by atoms with Crippen LogP contribution in [0, 0.1) is 11.2 Å². The second-order valence-electron chi connectivity index (χ2n) is 5.12. The average Bonchev–Trinajstić information content (AvgIpc) is 2.44. The fourth-order valence-corrected chi connectivity index (χ4v) is 2.52. The molecule has 1 aliphatic heterocycles. The number of aliphatic hydroxyl groups excluding tert-OH is 1. The summed E-state index contributed by atoms with van der Waals surface area (Å²) >= 11 is 5.74. The fourth-order valence-electron chi connectivity index (χ4n) is 2.32. The Balaban J connectivity index is 1.86. The van der Waals surface area contributed by atoms with Gasteiger partial charge in [-0.05, 0) is 30.5 Å². The Hall–Kier alpha value is -0.680. The zero-order valence-electron chi connectivity index (χ0n) is 10.8. The van der Waals surface area contributed by atoms with Crippen molar-refractivity contribution < 1.29 is 14.2 Å². The molecule has 0 amide bonds. The van der Waals surface area contributed by atoms with Crippen molar-refractivity contribution in [2.75, 3.05) is 26.4 Å². The van der Waals surface area contributed by atoms with E-state index in [0.717, 1.165) is 24.9 Å². The molecule has 0 aliphatic carbocycles. The van der Waals surface area contributed by atoms with Gasteiger partial charge in [-0.25, -0.2) is 4.39 Å². The summed E-state index contributed by atoms with van der Waals surface area (Å²) in [6.45, 7) is 2.90. The third kappa shape index (κ3) is 3.89. The van der Waals surface area contributed by atoms with Gasteiger partial charge in [0.05, 0.1) is 11.6 Å². The van der Waals surface area contributed by atoms with E-state index >= 15 is 0 Å². The van der Waals surface area contributed by atoms with Gasteiger partial charge in [-0.2, -0.15) is 0 Å². The summed E-state index contributed by atoms with van der Waals surface area (Å²) in [5.74, 6) is -0.401. The molecule has 0 radical (unpaired) electrons. The van der Waals surface area contributed by atoms with E-state index in [-0.39, 0.29) is 17.0 Å². The summed E-state index contributed by atoms with van der Waals surface area (Å²) in [5.41, 5.74) is 0.841. The number of nitrogens with one attached hydrogen (secondary N) is 1. The van der Waals surface area contributed by atoms with Gasteiger partial charge >= 0.3 is 0 Å². The van der Waals surface area contributed by atoms with Gasteiger partial charge in [0.25, 0.3) is 0 Å². The molecule has 2 N–H and O–H groups in total. The Morgan fingerprint density at radius 3 is 2.74 bits per heavy atom. The van der Waals surface area contributed by atoms with Gasteiger partial charge in [0.1, 0.15) is 5.82 Å². The lowest BCUT2D eigenvalue weighted by molar-refractivity contribution is -0.0154. The molecule has 1 heterocycles. The van der Waals surface area contributed by atoms with Crippen molar-refractivity contribution in [3.63, 3.8) is 0 Å². The monoisotopic (exact) mass is 287 g/mol. The molecule has 0 saturated carbocycles. The van der Waals surface area contributed by atoms with Gasteiger partial charge < -0.3 is 15.2 Å². The molecule has 106 valence electrons. The summed E-state index contributed by atoms with van der Waals surface area (Å²) in [6.07, 6.45) is 1.72. The van der Waals surface area contributed by atoms with Crippen molar-refractivity contribution in [1.82, 2.24) is 5.32 Å². The topological polar surface area (TPSA) is 41.5 Å². The number of rotatable bonds is 5. The Labute approximate surface area is 117 Å². The number of hydrogen-bond donors (Lipinski definition) is 2. The van der Waals surface area contributed by atoms with E-state index in [1.165, 1.54) is 6.07 Å². The highest BCUT2D eigenvalue weighted by atomic mass is 35.5. The predicted octanol–water partition coefficient (Wildman–Crippen LogP) is 2.36. The van der Waals surface area contributed by atoms with Crippen molar-refractivity contribution in [3.8, 4) is 0 Å². The van der Waals surface area contributed by atoms with Gasteiger partial charge in [-0.3, -0.25) is 0 Å². The van der Waals surface area contributed by atoms with Crippen LogP contribution in [0.1, 0.15) is 18.4 Å². The summed E-state index contributed by atoms with van der Waals surface area (Å²) in [7, 11) is 0. The third-order valence-electron chi connectivity index (χ3n) is 3.70. The van der Waals surface area contributed by atoms with Crippen molar-refractivity contribution >= 4 is 11.6 Å². The molecule has 3 nitrogen and oxygen atoms in total. The zero-order valence-corrected chi connectivity index (χ0v) is 11.5. The van der Waals surface area contributed by atoms with Crippen LogP contribution in [-0.2, 0) is 11.3 Å². The van der Waals surface area contributed by atoms with E-state index < -0.39 is 5.82 Å². The smallest absolute Gasteiger partial charge is 0.141 e. The third-order valence-corrected chi connectivity index (χ3v) is 3.99. The minimum absolute atomic E-state index is 0.0952. The zero-order chi connectivity index (χ0) is 13.7. The molecule has 1 fully saturated rings. The normalized spacial score (nSPS) is 18.5. The van der Waals surface area contributed by atoms with Crippen LogP contribution in [0.4, 0.5) is 4.39 Å². The van der Waals surface area contributed by atoms with Crippen LogP contribution in [0.25, 0.3) is 0 Å². The molecule has 0 aromatic heterocycles. The average molecular weight is 288 g/mol. The summed E-state index contributed by atoms with van der Waals surface area (Å²) in [4.78, 5) is 0. The van der Waals surface area contributed by atoms with Gasteiger partial charge in [-0.15, -0.1) is 0 Å². The summed E-state index contributed by atoms with van der Waals surface area (Å²) in [6, 6.07) is 4.71. The molecule has 0 unspecified atom stereocenters. The van der Waals surface area contributed by atoms with Crippen molar-refractivity contribution in [2.24, 2.45) is 5.41 Å². The van der Waals surface area contributed by atoms with E-state index in [4.69, 9.17) is 16.3 Å². The molecule has 1 aliphatic rings. The number of ether oxygens (including phenoxy) is 1. The Morgan fingerprint density at radius 2 is 2.11 bits per heavy atom. The maximum absolute atomic E-state index is 13.0. The Bertz CT molecular complexity index is 422. The maximum Gasteiger partial charge on any atom is 0.141 e. The first-order valence-corrected chi connectivity index (χ1v) is 6.86. The number of aliphatic hydroxyl groups is 1. The van der Waals surface area contributed by atoms with Gasteiger partial charge in [0, 0.05) is 31.7 Å². The highest BCUT2D eigenvalue weighted by Crippen LogP contribution is 2.29. The lowest BCUT2D eigenvalue weighted by Gasteiger charge is -2.35. The Morgan fingerprint density at radius 1 is 1.37 bits per heavy atom. The number of benzene rings is 1. The van der Waals surface area contributed by atoms with Crippen LogP contribution < -0.4 is 5.32 Å². The summed E-state index contributed by atoms with van der Waals surface area (Å²) in [5, 5.41) is 13.0. The lowest BCUT2D eigenvalue weighted by atomic mass is 9.81. The molecular formula is C14H19ClFNO2. The first-order valence-electron chi connectivity index (χ1n) is 6.48. The van der Waals surface area contributed by atoms with Gasteiger partial charge in [-0.1, -0.05) is 17.7 Å². The lowest BCUT2D eigenvalue weighted by Crippen LogP contribution is -2.41. The first kappa shape index (κ1) is 14.7. The van der Waals surface area contributed by atoms with E-state index in [1.54, 1.807) is 12.1 Å². The molecule has 0 atom stereocenters. The second kappa shape index (κ2) is 6.66. The van der Waals surface area contributed by atoms with Crippen LogP contribution in [0.2, 0.25) is 5.02 Å². The molecule has 19 heavy (non-hydrogen) atoms. The fraction of sp³-hybridized carbons (Fsp3) is 0.571. The molecular weight excluding hydrogens is 269 g/mol. The van der Waals surface area contributed by atoms with Crippen molar-refractivity contribution in [3.05, 3.63) is 34.6 Å². The highest BCUT2D eigenvalue weighted by molar-refractivity contribution is 6.30. The van der Waals surface area contributed by atoms with E-state index in [0.29, 0.717) is 19.8 Å². The molecule has 0 spiro atoms. The minimum Gasteiger partial charge on any atom is -0.396 e. The van der Waals surface area contributed by atoms with Crippen LogP contribution in [-0.4, -0.2) is 31.5 Å². The SMILES string of the molecule is OCC1(CNCc2ccc(F)c(Cl)c2)CCOCC1.